The zero-order valence-corrected chi connectivity index (χ0v) is 20.7. The summed E-state index contributed by atoms with van der Waals surface area (Å²) in [5.41, 5.74) is 2.13. The third-order valence-corrected chi connectivity index (χ3v) is 6.35. The van der Waals surface area contributed by atoms with E-state index in [9.17, 15) is 14.9 Å². The predicted octanol–water partition coefficient (Wildman–Crippen LogP) is 5.21. The van der Waals surface area contributed by atoms with E-state index in [0.717, 1.165) is 27.2 Å². The van der Waals surface area contributed by atoms with Crippen LogP contribution in [0.2, 0.25) is 0 Å². The molecule has 2 atom stereocenters. The molecular formula is C29H30N4O3. The number of carbonyl (C=O) groups excluding carboxylic acids is 2. The normalized spacial score (nSPS) is 12.9. The molecule has 0 bridgehead atoms. The molecule has 36 heavy (non-hydrogen) atoms. The molecule has 0 aliphatic carbocycles. The highest BCUT2D eigenvalue weighted by molar-refractivity contribution is 6.02. The van der Waals surface area contributed by atoms with Crippen molar-refractivity contribution in [1.82, 2.24) is 15.3 Å². The number of amides is 1. The number of ether oxygens (including phenoxy) is 1. The van der Waals surface area contributed by atoms with Crippen molar-refractivity contribution >= 4 is 33.4 Å². The van der Waals surface area contributed by atoms with Crippen LogP contribution < -0.4 is 10.1 Å². The van der Waals surface area contributed by atoms with Crippen LogP contribution in [-0.4, -0.2) is 34.8 Å². The van der Waals surface area contributed by atoms with Crippen molar-refractivity contribution < 1.29 is 14.3 Å². The molecule has 0 saturated heterocycles. The lowest BCUT2D eigenvalue weighted by molar-refractivity contribution is -0.125. The second-order valence-corrected chi connectivity index (χ2v) is 9.47. The van der Waals surface area contributed by atoms with Gasteiger partial charge in [-0.15, -0.1) is 0 Å². The number of nitrogens with one attached hydrogen (secondary N) is 2. The van der Waals surface area contributed by atoms with Crippen LogP contribution in [0.25, 0.3) is 21.7 Å². The molecule has 0 fully saturated rings. The minimum Gasteiger partial charge on any atom is -0.496 e. The Morgan fingerprint density at radius 1 is 1.11 bits per heavy atom. The van der Waals surface area contributed by atoms with Gasteiger partial charge >= 0.3 is 0 Å². The van der Waals surface area contributed by atoms with E-state index in [-0.39, 0.29) is 24.0 Å². The van der Waals surface area contributed by atoms with Gasteiger partial charge in [0.1, 0.15) is 11.8 Å². The monoisotopic (exact) mass is 482 g/mol. The van der Waals surface area contributed by atoms with E-state index < -0.39 is 12.0 Å². The maximum atomic E-state index is 13.3. The Hall–Kier alpha value is -4.18. The van der Waals surface area contributed by atoms with Gasteiger partial charge in [0.15, 0.2) is 5.78 Å². The van der Waals surface area contributed by atoms with Gasteiger partial charge in [-0.05, 0) is 41.5 Å². The molecule has 0 spiro atoms. The zero-order chi connectivity index (χ0) is 25.7. The number of Topliss-reactive ketones (excluding diaryl/α,β-unsaturated/α-hetero) is 1. The van der Waals surface area contributed by atoms with Crippen molar-refractivity contribution in [3.05, 3.63) is 72.2 Å². The van der Waals surface area contributed by atoms with E-state index in [0.29, 0.717) is 24.3 Å². The Morgan fingerprint density at radius 3 is 2.67 bits per heavy atom. The summed E-state index contributed by atoms with van der Waals surface area (Å²) in [6, 6.07) is 16.7. The van der Waals surface area contributed by atoms with Gasteiger partial charge in [-0.2, -0.15) is 5.26 Å². The second-order valence-electron chi connectivity index (χ2n) is 9.47. The lowest BCUT2D eigenvalue weighted by atomic mass is 9.90. The fraction of sp³-hybridized carbons (Fsp3) is 0.310. The number of carbonyl (C=O) groups is 2. The average Bonchev–Trinajstić information content (AvgIpc) is 3.32. The molecule has 184 valence electrons. The largest absolute Gasteiger partial charge is 0.496 e. The Bertz CT molecular complexity index is 1430. The fourth-order valence-electron chi connectivity index (χ4n) is 4.62. The first-order chi connectivity index (χ1) is 17.4. The number of rotatable bonds is 10. The molecular weight excluding hydrogens is 452 g/mol. The Balaban J connectivity index is 1.50. The van der Waals surface area contributed by atoms with Crippen LogP contribution in [0, 0.1) is 23.2 Å². The highest BCUT2D eigenvalue weighted by atomic mass is 16.5. The minimum atomic E-state index is -0.729. The van der Waals surface area contributed by atoms with E-state index in [1.165, 1.54) is 0 Å². The second kappa shape index (κ2) is 11.0. The number of hydrogen-bond donors (Lipinski definition) is 2. The zero-order valence-electron chi connectivity index (χ0n) is 20.7. The number of pyridine rings is 1. The predicted molar refractivity (Wildman–Crippen MR) is 140 cm³/mol. The third-order valence-electron chi connectivity index (χ3n) is 6.35. The topological polar surface area (TPSA) is 108 Å². The molecule has 1 unspecified atom stereocenters. The van der Waals surface area contributed by atoms with Gasteiger partial charge in [0.2, 0.25) is 5.91 Å². The van der Waals surface area contributed by atoms with E-state index in [1.54, 1.807) is 25.6 Å². The first kappa shape index (κ1) is 24.9. The number of nitriles is 1. The Labute approximate surface area is 210 Å². The van der Waals surface area contributed by atoms with Crippen LogP contribution in [0.5, 0.6) is 5.75 Å². The fourth-order valence-corrected chi connectivity index (χ4v) is 4.62. The number of aromatic amines is 1. The average molecular weight is 483 g/mol. The van der Waals surface area contributed by atoms with Gasteiger partial charge in [-0.25, -0.2) is 0 Å². The van der Waals surface area contributed by atoms with Crippen LogP contribution >= 0.6 is 0 Å². The van der Waals surface area contributed by atoms with E-state index >= 15 is 0 Å². The molecule has 7 nitrogen and oxygen atoms in total. The van der Waals surface area contributed by atoms with Crippen LogP contribution in [-0.2, 0) is 11.2 Å². The smallest absolute Gasteiger partial charge is 0.224 e. The standard InChI is InChI=1S/C29H30N4O3/c1-18(2)11-20(13-27(34)26-14-24-25(33-26)9-6-10-28(24)36-3)29(35)32-22(15-30)12-21-17-31-16-19-7-4-5-8-23(19)21/h4-10,14,16-18,20,22,33H,11-13H2,1-3H3,(H,32,35)/t20-,22?/m1/s1. The molecule has 2 aromatic carbocycles. The van der Waals surface area contributed by atoms with Gasteiger partial charge < -0.3 is 15.0 Å². The summed E-state index contributed by atoms with van der Waals surface area (Å²) in [4.78, 5) is 33.9. The van der Waals surface area contributed by atoms with Crippen molar-refractivity contribution in [1.29, 1.82) is 5.26 Å². The summed E-state index contributed by atoms with van der Waals surface area (Å²) in [5, 5.41) is 15.5. The number of benzene rings is 2. The van der Waals surface area contributed by atoms with Gasteiger partial charge in [0.25, 0.3) is 0 Å². The molecule has 7 heteroatoms. The SMILES string of the molecule is COc1cccc2[nH]c(C(=O)C[C@@H](CC(C)C)C(=O)NC(C#N)Cc3cncc4ccccc34)cc12. The number of nitrogens with zero attached hydrogens (tertiary/aromatic N) is 2. The Kier molecular flexibility index (Phi) is 7.65. The quantitative estimate of drug-likeness (QED) is 0.302. The van der Waals surface area contributed by atoms with Gasteiger partial charge in [-0.1, -0.05) is 44.2 Å². The van der Waals surface area contributed by atoms with Gasteiger partial charge in [-0.3, -0.25) is 14.6 Å². The molecule has 2 heterocycles. The van der Waals surface area contributed by atoms with E-state index in [4.69, 9.17) is 4.74 Å². The van der Waals surface area contributed by atoms with Crippen molar-refractivity contribution in [3.63, 3.8) is 0 Å². The molecule has 4 aromatic rings. The Morgan fingerprint density at radius 2 is 1.92 bits per heavy atom. The van der Waals surface area contributed by atoms with Crippen molar-refractivity contribution in [2.45, 2.75) is 39.2 Å². The maximum absolute atomic E-state index is 13.3. The van der Waals surface area contributed by atoms with E-state index in [1.807, 2.05) is 56.3 Å². The number of fused-ring (bicyclic) bond motifs is 2. The lowest BCUT2D eigenvalue weighted by Crippen LogP contribution is -2.40. The summed E-state index contributed by atoms with van der Waals surface area (Å²) in [5.74, 6) is -0.100. The minimum absolute atomic E-state index is 0.0487. The number of aromatic nitrogens is 2. The molecule has 0 saturated carbocycles. The number of methoxy groups -OCH3 is 1. The molecule has 2 aromatic heterocycles. The first-order valence-corrected chi connectivity index (χ1v) is 12.1. The van der Waals surface area contributed by atoms with Crippen LogP contribution in [0.3, 0.4) is 0 Å². The highest BCUT2D eigenvalue weighted by Gasteiger charge is 2.27. The number of hydrogen-bond acceptors (Lipinski definition) is 5. The summed E-state index contributed by atoms with van der Waals surface area (Å²) in [6.45, 7) is 4.03. The molecule has 0 radical (unpaired) electrons. The summed E-state index contributed by atoms with van der Waals surface area (Å²) in [6.07, 6.45) is 4.43. The van der Waals surface area contributed by atoms with Gasteiger partial charge in [0, 0.05) is 47.4 Å². The van der Waals surface area contributed by atoms with Crippen molar-refractivity contribution in [2.24, 2.45) is 11.8 Å². The number of H-pyrrole nitrogens is 1. The third kappa shape index (κ3) is 5.55. The maximum Gasteiger partial charge on any atom is 0.224 e. The summed E-state index contributed by atoms with van der Waals surface area (Å²) in [7, 11) is 1.59. The van der Waals surface area contributed by atoms with E-state index in [2.05, 4.69) is 21.4 Å². The van der Waals surface area contributed by atoms with Crippen LogP contribution in [0.15, 0.2) is 60.9 Å². The van der Waals surface area contributed by atoms with Gasteiger partial charge in [0.05, 0.1) is 18.9 Å². The lowest BCUT2D eigenvalue weighted by Gasteiger charge is -2.20. The summed E-state index contributed by atoms with van der Waals surface area (Å²) < 4.78 is 5.39. The van der Waals surface area contributed by atoms with Crippen LogP contribution in [0.4, 0.5) is 0 Å². The van der Waals surface area contributed by atoms with Crippen molar-refractivity contribution in [2.75, 3.05) is 7.11 Å². The highest BCUT2D eigenvalue weighted by Crippen LogP contribution is 2.28. The van der Waals surface area contributed by atoms with Crippen LogP contribution in [0.1, 0.15) is 42.7 Å². The summed E-state index contributed by atoms with van der Waals surface area (Å²) >= 11 is 0. The van der Waals surface area contributed by atoms with Crippen molar-refractivity contribution in [3.8, 4) is 11.8 Å². The molecule has 1 amide bonds. The molecule has 0 aliphatic rings. The molecule has 4 rings (SSSR count). The number of ketones is 1. The molecule has 2 N–H and O–H groups in total. The molecule has 0 aliphatic heterocycles. The first-order valence-electron chi connectivity index (χ1n) is 12.1.